The van der Waals surface area contributed by atoms with Gasteiger partial charge in [-0.25, -0.2) is 4.39 Å². The Morgan fingerprint density at radius 3 is 2.53 bits per heavy atom. The van der Waals surface area contributed by atoms with Gasteiger partial charge in [-0.3, -0.25) is 9.59 Å². The second-order valence-electron chi connectivity index (χ2n) is 7.08. The zero-order chi connectivity index (χ0) is 25.0. The lowest BCUT2D eigenvalue weighted by molar-refractivity contribution is -0.0584. The van der Waals surface area contributed by atoms with Gasteiger partial charge in [-0.2, -0.15) is 27.3 Å². The Kier molecular flexibility index (Phi) is 7.30. The summed E-state index contributed by atoms with van der Waals surface area (Å²) < 4.78 is 72.7. The quantitative estimate of drug-likeness (QED) is 0.478. The number of hydrogen-bond donors (Lipinski definition) is 2. The number of carbonyl (C=O) groups excluding carboxylic acids is 1. The van der Waals surface area contributed by atoms with Gasteiger partial charge < -0.3 is 15.2 Å². The van der Waals surface area contributed by atoms with Gasteiger partial charge in [0.15, 0.2) is 5.75 Å². The molecule has 2 aromatic carbocycles. The minimum atomic E-state index is -3.82. The first kappa shape index (κ1) is 24.8. The number of nitrogens with zero attached hydrogens (tertiary/aromatic N) is 2. The number of para-hydroxylation sites is 2. The fourth-order valence-corrected chi connectivity index (χ4v) is 3.13. The summed E-state index contributed by atoms with van der Waals surface area (Å²) in [6, 6.07) is 9.36. The summed E-state index contributed by atoms with van der Waals surface area (Å²) in [4.78, 5) is 24.9. The zero-order valence-electron chi connectivity index (χ0n) is 17.5. The van der Waals surface area contributed by atoms with E-state index in [4.69, 9.17) is 5.11 Å². The summed E-state index contributed by atoms with van der Waals surface area (Å²) in [6.07, 6.45) is 0. The number of carbonyl (C=O) groups is 1. The van der Waals surface area contributed by atoms with Crippen LogP contribution in [0.15, 0.2) is 59.4 Å². The summed E-state index contributed by atoms with van der Waals surface area (Å²) in [5.74, 6) is -6.38. The van der Waals surface area contributed by atoms with Crippen LogP contribution in [0.3, 0.4) is 0 Å². The summed E-state index contributed by atoms with van der Waals surface area (Å²) >= 11 is 0. The molecule has 7 nitrogen and oxygen atoms in total. The normalized spacial score (nSPS) is 12.5. The van der Waals surface area contributed by atoms with Gasteiger partial charge in [-0.05, 0) is 31.2 Å². The van der Waals surface area contributed by atoms with Gasteiger partial charge in [0.1, 0.15) is 23.8 Å². The number of ether oxygens (including phenoxy) is 1. The number of rotatable bonds is 8. The van der Waals surface area contributed by atoms with E-state index in [2.05, 4.69) is 15.2 Å². The van der Waals surface area contributed by atoms with Crippen molar-refractivity contribution in [3.8, 4) is 11.4 Å². The summed E-state index contributed by atoms with van der Waals surface area (Å²) in [5.41, 5.74) is -2.55. The van der Waals surface area contributed by atoms with Gasteiger partial charge in [0, 0.05) is 11.6 Å². The minimum Gasteiger partial charge on any atom is -0.433 e. The molecular formula is C22H18F5N3O4. The lowest BCUT2D eigenvalue weighted by Crippen LogP contribution is -2.31. The van der Waals surface area contributed by atoms with Gasteiger partial charge in [-0.15, -0.1) is 0 Å². The van der Waals surface area contributed by atoms with Crippen LogP contribution >= 0.6 is 0 Å². The molecule has 0 bridgehead atoms. The van der Waals surface area contributed by atoms with Crippen molar-refractivity contribution in [3.63, 3.8) is 0 Å². The first-order valence-corrected chi connectivity index (χ1v) is 9.78. The van der Waals surface area contributed by atoms with Crippen molar-refractivity contribution in [1.29, 1.82) is 0 Å². The molecule has 0 fully saturated rings. The Hall–Kier alpha value is -3.80. The maximum Gasteiger partial charge on any atom is 0.387 e. The van der Waals surface area contributed by atoms with Crippen molar-refractivity contribution in [1.82, 2.24) is 15.1 Å². The van der Waals surface area contributed by atoms with Crippen LogP contribution in [0.2, 0.25) is 0 Å². The third-order valence-corrected chi connectivity index (χ3v) is 4.78. The Bertz CT molecular complexity index is 1250. The van der Waals surface area contributed by atoms with Gasteiger partial charge >= 0.3 is 6.61 Å². The third-order valence-electron chi connectivity index (χ3n) is 4.78. The second-order valence-corrected chi connectivity index (χ2v) is 7.08. The monoisotopic (exact) mass is 483 g/mol. The van der Waals surface area contributed by atoms with Gasteiger partial charge in [-0.1, -0.05) is 24.3 Å². The van der Waals surface area contributed by atoms with Crippen LogP contribution in [-0.4, -0.2) is 34.0 Å². The van der Waals surface area contributed by atoms with E-state index in [1.807, 2.05) is 0 Å². The van der Waals surface area contributed by atoms with Crippen LogP contribution in [0, 0.1) is 5.82 Å². The van der Waals surface area contributed by atoms with Crippen molar-refractivity contribution in [2.45, 2.75) is 25.5 Å². The molecule has 3 aromatic rings. The summed E-state index contributed by atoms with van der Waals surface area (Å²) in [6.45, 7) is -3.44. The molecule has 1 heterocycles. The molecule has 1 atom stereocenters. The molecule has 1 amide bonds. The predicted octanol–water partition coefficient (Wildman–Crippen LogP) is 3.55. The molecule has 0 saturated heterocycles. The van der Waals surface area contributed by atoms with E-state index in [-0.39, 0.29) is 22.7 Å². The molecule has 1 aromatic heterocycles. The van der Waals surface area contributed by atoms with Crippen molar-refractivity contribution in [2.24, 2.45) is 0 Å². The average Bonchev–Trinajstić information content (AvgIpc) is 2.79. The van der Waals surface area contributed by atoms with Crippen molar-refractivity contribution in [3.05, 3.63) is 87.6 Å². The standard InChI is InChI=1S/C22H18F5N3O4/c1-12(13-5-4-6-14(19(13)23)22(26,27)11-31)28-20(33)15-9-10-18(32)30(29-15)16-7-2-3-8-17(16)34-21(24)25/h2-10,12,21,31H,11H2,1H3,(H,28,33)/t12-/m1/s1. The Morgan fingerprint density at radius 2 is 1.85 bits per heavy atom. The van der Waals surface area contributed by atoms with Crippen molar-refractivity contribution >= 4 is 5.91 Å². The molecular weight excluding hydrogens is 465 g/mol. The molecule has 0 aliphatic rings. The number of alkyl halides is 4. The molecule has 0 spiro atoms. The van der Waals surface area contributed by atoms with E-state index in [1.165, 1.54) is 37.3 Å². The van der Waals surface area contributed by atoms with Crippen molar-refractivity contribution < 1.29 is 36.6 Å². The van der Waals surface area contributed by atoms with Crippen LogP contribution < -0.4 is 15.6 Å². The molecule has 34 heavy (non-hydrogen) atoms. The van der Waals surface area contributed by atoms with Crippen LogP contribution in [0.5, 0.6) is 5.75 Å². The number of aliphatic hydroxyl groups excluding tert-OH is 1. The number of amides is 1. The van der Waals surface area contributed by atoms with Crippen LogP contribution in [0.4, 0.5) is 22.0 Å². The first-order chi connectivity index (χ1) is 16.0. The largest absolute Gasteiger partial charge is 0.433 e. The van der Waals surface area contributed by atoms with Crippen molar-refractivity contribution in [2.75, 3.05) is 6.61 Å². The number of benzene rings is 2. The second kappa shape index (κ2) is 10.00. The number of aromatic nitrogens is 2. The Balaban J connectivity index is 1.91. The summed E-state index contributed by atoms with van der Waals surface area (Å²) in [5, 5.41) is 15.1. The molecule has 0 aliphatic heterocycles. The van der Waals surface area contributed by atoms with Gasteiger partial charge in [0.05, 0.1) is 11.6 Å². The maximum atomic E-state index is 14.7. The van der Waals surface area contributed by atoms with E-state index in [0.29, 0.717) is 4.68 Å². The van der Waals surface area contributed by atoms with Crippen LogP contribution in [0.1, 0.15) is 34.6 Å². The molecule has 2 N–H and O–H groups in total. The highest BCUT2D eigenvalue weighted by molar-refractivity contribution is 5.92. The smallest absolute Gasteiger partial charge is 0.387 e. The van der Waals surface area contributed by atoms with Crippen LogP contribution in [-0.2, 0) is 5.92 Å². The highest BCUT2D eigenvalue weighted by Crippen LogP contribution is 2.32. The van der Waals surface area contributed by atoms with Crippen LogP contribution in [0.25, 0.3) is 5.69 Å². The highest BCUT2D eigenvalue weighted by atomic mass is 19.3. The van der Waals surface area contributed by atoms with E-state index in [0.717, 1.165) is 24.3 Å². The number of aliphatic hydroxyl groups is 1. The Morgan fingerprint density at radius 1 is 1.15 bits per heavy atom. The topological polar surface area (TPSA) is 93.5 Å². The third kappa shape index (κ3) is 5.22. The van der Waals surface area contributed by atoms with E-state index in [9.17, 15) is 31.5 Å². The SMILES string of the molecule is C[C@@H](NC(=O)c1ccc(=O)n(-c2ccccc2OC(F)F)n1)c1cccc(C(F)(F)CO)c1F. The van der Waals surface area contributed by atoms with Gasteiger partial charge in [0.25, 0.3) is 17.4 Å². The molecule has 180 valence electrons. The first-order valence-electron chi connectivity index (χ1n) is 9.78. The molecule has 0 aliphatic carbocycles. The predicted molar refractivity (Wildman–Crippen MR) is 110 cm³/mol. The van der Waals surface area contributed by atoms with E-state index < -0.39 is 48.0 Å². The lowest BCUT2D eigenvalue weighted by Gasteiger charge is -2.20. The number of nitrogens with one attached hydrogen (secondary N) is 1. The average molecular weight is 483 g/mol. The Labute approximate surface area is 189 Å². The van der Waals surface area contributed by atoms with E-state index >= 15 is 0 Å². The lowest BCUT2D eigenvalue weighted by atomic mass is 10.0. The van der Waals surface area contributed by atoms with E-state index in [1.54, 1.807) is 0 Å². The number of hydrogen-bond acceptors (Lipinski definition) is 5. The minimum absolute atomic E-state index is 0.152. The molecule has 0 radical (unpaired) electrons. The fraction of sp³-hybridized carbons (Fsp3) is 0.227. The number of halogens is 5. The zero-order valence-corrected chi connectivity index (χ0v) is 17.5. The molecule has 0 unspecified atom stereocenters. The highest BCUT2D eigenvalue weighted by Gasteiger charge is 2.35. The molecule has 0 saturated carbocycles. The fourth-order valence-electron chi connectivity index (χ4n) is 3.13. The maximum absolute atomic E-state index is 14.7. The summed E-state index contributed by atoms with van der Waals surface area (Å²) in [7, 11) is 0. The molecule has 12 heteroatoms. The molecule has 3 rings (SSSR count). The van der Waals surface area contributed by atoms with Gasteiger partial charge in [0.2, 0.25) is 0 Å².